The van der Waals surface area contributed by atoms with Crippen molar-refractivity contribution in [3.05, 3.63) is 44.6 Å². The zero-order valence-electron chi connectivity index (χ0n) is 11.8. The number of nitrogens with two attached hydrogens (primary N) is 1. The van der Waals surface area contributed by atoms with Gasteiger partial charge >= 0.3 is 0 Å². The molecule has 0 bridgehead atoms. The summed E-state index contributed by atoms with van der Waals surface area (Å²) in [6, 6.07) is 5.02. The molecule has 0 atom stereocenters. The molecule has 2 aromatic rings. The standard InChI is InChI=1S/C14H16BrClN4O/c1-3-20-11(13(15)8(2)19-20)7-21-12-6-9(16)4-5-10(12)14(17)18/h4-6H,3,7H2,1-2H3,(H3,17,18). The summed E-state index contributed by atoms with van der Waals surface area (Å²) in [5.74, 6) is 0.435. The number of hydrogen-bond acceptors (Lipinski definition) is 3. The van der Waals surface area contributed by atoms with Gasteiger partial charge in [0.05, 0.1) is 21.4 Å². The molecule has 21 heavy (non-hydrogen) atoms. The van der Waals surface area contributed by atoms with Crippen LogP contribution in [0.1, 0.15) is 23.9 Å². The number of aromatic nitrogens is 2. The number of hydrogen-bond donors (Lipinski definition) is 2. The van der Waals surface area contributed by atoms with Gasteiger partial charge in [-0.1, -0.05) is 11.6 Å². The highest BCUT2D eigenvalue weighted by Crippen LogP contribution is 2.26. The summed E-state index contributed by atoms with van der Waals surface area (Å²) in [7, 11) is 0. The zero-order chi connectivity index (χ0) is 15.6. The van der Waals surface area contributed by atoms with Gasteiger partial charge in [-0.05, 0) is 48.0 Å². The van der Waals surface area contributed by atoms with Gasteiger partial charge < -0.3 is 10.5 Å². The Hall–Kier alpha value is -1.53. The van der Waals surface area contributed by atoms with Crippen molar-refractivity contribution in [1.82, 2.24) is 9.78 Å². The van der Waals surface area contributed by atoms with Gasteiger partial charge in [-0.25, -0.2) is 0 Å². The van der Waals surface area contributed by atoms with Gasteiger partial charge in [0.25, 0.3) is 0 Å². The predicted molar refractivity (Wildman–Crippen MR) is 87.1 cm³/mol. The van der Waals surface area contributed by atoms with Crippen LogP contribution in [0.4, 0.5) is 0 Å². The number of nitrogens with zero attached hydrogens (tertiary/aromatic N) is 2. The van der Waals surface area contributed by atoms with Crippen molar-refractivity contribution in [3.8, 4) is 5.75 Å². The molecule has 0 spiro atoms. The van der Waals surface area contributed by atoms with Crippen molar-refractivity contribution in [1.29, 1.82) is 5.41 Å². The lowest BCUT2D eigenvalue weighted by Crippen LogP contribution is -2.14. The summed E-state index contributed by atoms with van der Waals surface area (Å²) >= 11 is 9.50. The lowest BCUT2D eigenvalue weighted by atomic mass is 10.2. The molecule has 0 radical (unpaired) electrons. The van der Waals surface area contributed by atoms with E-state index in [4.69, 9.17) is 27.5 Å². The van der Waals surface area contributed by atoms with E-state index in [-0.39, 0.29) is 5.84 Å². The molecular weight excluding hydrogens is 356 g/mol. The molecule has 2 rings (SSSR count). The Morgan fingerprint density at radius 1 is 1.52 bits per heavy atom. The topological polar surface area (TPSA) is 76.9 Å². The minimum atomic E-state index is -0.0547. The van der Waals surface area contributed by atoms with E-state index < -0.39 is 0 Å². The van der Waals surface area contributed by atoms with Gasteiger partial charge in [-0.2, -0.15) is 5.10 Å². The van der Waals surface area contributed by atoms with Crippen LogP contribution in [0.5, 0.6) is 5.75 Å². The summed E-state index contributed by atoms with van der Waals surface area (Å²) in [6.45, 7) is 5.01. The van der Waals surface area contributed by atoms with Gasteiger partial charge in [0, 0.05) is 11.6 Å². The molecule has 0 amide bonds. The Kier molecular flexibility index (Phi) is 4.90. The van der Waals surface area contributed by atoms with Crippen LogP contribution < -0.4 is 10.5 Å². The van der Waals surface area contributed by atoms with Crippen LogP contribution in [0.15, 0.2) is 22.7 Å². The van der Waals surface area contributed by atoms with Crippen LogP contribution >= 0.6 is 27.5 Å². The first-order valence-electron chi connectivity index (χ1n) is 6.42. The van der Waals surface area contributed by atoms with E-state index in [1.54, 1.807) is 18.2 Å². The van der Waals surface area contributed by atoms with Crippen LogP contribution in [-0.4, -0.2) is 15.6 Å². The number of aryl methyl sites for hydroxylation is 2. The van der Waals surface area contributed by atoms with Crippen LogP contribution in [0.25, 0.3) is 0 Å². The number of nitrogen functional groups attached to an aromatic ring is 1. The van der Waals surface area contributed by atoms with Crippen molar-refractivity contribution in [2.75, 3.05) is 0 Å². The average molecular weight is 372 g/mol. The third-order valence-corrected chi connectivity index (χ3v) is 4.32. The fourth-order valence-electron chi connectivity index (χ4n) is 1.99. The molecule has 7 heteroatoms. The molecule has 0 saturated carbocycles. The zero-order valence-corrected chi connectivity index (χ0v) is 14.1. The van der Waals surface area contributed by atoms with E-state index in [9.17, 15) is 0 Å². The quantitative estimate of drug-likeness (QED) is 0.624. The molecule has 0 saturated heterocycles. The smallest absolute Gasteiger partial charge is 0.132 e. The van der Waals surface area contributed by atoms with Crippen LogP contribution in [-0.2, 0) is 13.2 Å². The Morgan fingerprint density at radius 3 is 2.86 bits per heavy atom. The van der Waals surface area contributed by atoms with Gasteiger partial charge in [0.1, 0.15) is 18.2 Å². The van der Waals surface area contributed by atoms with E-state index in [1.165, 1.54) is 0 Å². The van der Waals surface area contributed by atoms with Crippen molar-refractivity contribution >= 4 is 33.4 Å². The van der Waals surface area contributed by atoms with E-state index in [0.29, 0.717) is 22.9 Å². The summed E-state index contributed by atoms with van der Waals surface area (Å²) in [4.78, 5) is 0. The number of rotatable bonds is 5. The predicted octanol–water partition coefficient (Wildman–Crippen LogP) is 3.49. The van der Waals surface area contributed by atoms with Crippen molar-refractivity contribution in [2.45, 2.75) is 27.0 Å². The lowest BCUT2D eigenvalue weighted by molar-refractivity contribution is 0.291. The Bertz CT molecular complexity index is 684. The molecule has 0 aliphatic heterocycles. The van der Waals surface area contributed by atoms with Crippen LogP contribution in [0, 0.1) is 12.3 Å². The summed E-state index contributed by atoms with van der Waals surface area (Å²) in [6.07, 6.45) is 0. The third-order valence-electron chi connectivity index (χ3n) is 3.05. The van der Waals surface area contributed by atoms with Gasteiger partial charge in [0.2, 0.25) is 0 Å². The molecular formula is C14H16BrClN4O. The van der Waals surface area contributed by atoms with Gasteiger partial charge in [-0.3, -0.25) is 10.1 Å². The largest absolute Gasteiger partial charge is 0.486 e. The molecule has 112 valence electrons. The summed E-state index contributed by atoms with van der Waals surface area (Å²) in [5, 5.41) is 12.5. The van der Waals surface area contributed by atoms with Crippen LogP contribution in [0.2, 0.25) is 5.02 Å². The fourth-order valence-corrected chi connectivity index (χ4v) is 2.55. The first-order chi connectivity index (χ1) is 9.93. The molecule has 0 unspecified atom stereocenters. The second kappa shape index (κ2) is 6.49. The van der Waals surface area contributed by atoms with Crippen molar-refractivity contribution in [2.24, 2.45) is 5.73 Å². The van der Waals surface area contributed by atoms with E-state index in [2.05, 4.69) is 21.0 Å². The second-order valence-corrected chi connectivity index (χ2v) is 5.73. The van der Waals surface area contributed by atoms with Crippen LogP contribution in [0.3, 0.4) is 0 Å². The molecule has 0 aliphatic carbocycles. The number of amidine groups is 1. The first-order valence-corrected chi connectivity index (χ1v) is 7.59. The molecule has 3 N–H and O–H groups in total. The van der Waals surface area contributed by atoms with E-state index in [1.807, 2.05) is 18.5 Å². The first kappa shape index (κ1) is 15.9. The van der Waals surface area contributed by atoms with Crippen molar-refractivity contribution in [3.63, 3.8) is 0 Å². The molecule has 1 aromatic heterocycles. The van der Waals surface area contributed by atoms with E-state index in [0.717, 1.165) is 22.4 Å². The monoisotopic (exact) mass is 370 g/mol. The molecule has 1 heterocycles. The maximum Gasteiger partial charge on any atom is 0.132 e. The Labute approximate surface area is 136 Å². The molecule has 0 aliphatic rings. The minimum Gasteiger partial charge on any atom is -0.486 e. The summed E-state index contributed by atoms with van der Waals surface area (Å²) < 4.78 is 8.60. The lowest BCUT2D eigenvalue weighted by Gasteiger charge is -2.12. The molecule has 0 fully saturated rings. The maximum atomic E-state index is 7.58. The summed E-state index contributed by atoms with van der Waals surface area (Å²) in [5.41, 5.74) is 7.93. The SMILES string of the molecule is CCn1nc(C)c(Br)c1COc1cc(Cl)ccc1C(=N)N. The van der Waals surface area contributed by atoms with Gasteiger partial charge in [-0.15, -0.1) is 0 Å². The fraction of sp³-hybridized carbons (Fsp3) is 0.286. The normalized spacial score (nSPS) is 10.7. The Morgan fingerprint density at radius 2 is 2.24 bits per heavy atom. The van der Waals surface area contributed by atoms with E-state index >= 15 is 0 Å². The Balaban J connectivity index is 2.28. The average Bonchev–Trinajstić information content (AvgIpc) is 2.71. The van der Waals surface area contributed by atoms with Gasteiger partial charge in [0.15, 0.2) is 0 Å². The highest BCUT2D eigenvalue weighted by atomic mass is 79.9. The molecule has 1 aromatic carbocycles. The highest BCUT2D eigenvalue weighted by Gasteiger charge is 2.14. The number of halogens is 2. The number of nitrogens with one attached hydrogen (secondary N) is 1. The van der Waals surface area contributed by atoms with Crippen molar-refractivity contribution < 1.29 is 4.74 Å². The minimum absolute atomic E-state index is 0.0547. The molecule has 5 nitrogen and oxygen atoms in total. The third kappa shape index (κ3) is 3.39. The number of benzene rings is 1. The second-order valence-electron chi connectivity index (χ2n) is 4.50. The highest BCUT2D eigenvalue weighted by molar-refractivity contribution is 9.10. The number of ether oxygens (including phenoxy) is 1. The maximum absolute atomic E-state index is 7.58.